The van der Waals surface area contributed by atoms with E-state index >= 15 is 0 Å². The standard InChI is InChI=1S/C17H11F3N4O/c1-10-22-23-16(25-10)11-5-6-14-15(7-11)24(9-21-14)13-4-2-3-12(8-13)17(18,19)20/h2-9H,1H3. The maximum absolute atomic E-state index is 13.0. The Morgan fingerprint density at radius 1 is 1.04 bits per heavy atom. The molecule has 0 aliphatic carbocycles. The van der Waals surface area contributed by atoms with Gasteiger partial charge in [-0.2, -0.15) is 13.2 Å². The number of alkyl halides is 3. The summed E-state index contributed by atoms with van der Waals surface area (Å²) in [5.41, 5.74) is 1.62. The van der Waals surface area contributed by atoms with Crippen molar-refractivity contribution in [1.29, 1.82) is 0 Å². The minimum atomic E-state index is -4.40. The van der Waals surface area contributed by atoms with Crippen molar-refractivity contribution in [3.05, 3.63) is 60.2 Å². The molecule has 2 aromatic heterocycles. The molecule has 4 aromatic rings. The van der Waals surface area contributed by atoms with Crippen molar-refractivity contribution in [2.24, 2.45) is 0 Å². The molecule has 0 aliphatic heterocycles. The molecule has 2 heterocycles. The average molecular weight is 344 g/mol. The maximum atomic E-state index is 13.0. The Hall–Kier alpha value is -3.16. The van der Waals surface area contributed by atoms with Crippen LogP contribution in [-0.2, 0) is 6.18 Å². The predicted molar refractivity (Wildman–Crippen MR) is 84.1 cm³/mol. The first kappa shape index (κ1) is 15.4. The van der Waals surface area contributed by atoms with Crippen LogP contribution in [0, 0.1) is 6.92 Å². The molecule has 0 amide bonds. The van der Waals surface area contributed by atoms with Crippen LogP contribution in [0.4, 0.5) is 13.2 Å². The molecule has 0 fully saturated rings. The van der Waals surface area contributed by atoms with Crippen LogP contribution in [0.25, 0.3) is 28.2 Å². The fraction of sp³-hybridized carbons (Fsp3) is 0.118. The molecule has 0 aliphatic rings. The lowest BCUT2D eigenvalue weighted by molar-refractivity contribution is -0.137. The van der Waals surface area contributed by atoms with Gasteiger partial charge in [-0.3, -0.25) is 4.57 Å². The molecule has 4 rings (SSSR count). The van der Waals surface area contributed by atoms with E-state index in [-0.39, 0.29) is 0 Å². The van der Waals surface area contributed by atoms with Crippen LogP contribution in [0.3, 0.4) is 0 Å². The summed E-state index contributed by atoms with van der Waals surface area (Å²) < 4.78 is 45.9. The molecule has 25 heavy (non-hydrogen) atoms. The van der Waals surface area contributed by atoms with E-state index in [1.807, 2.05) is 0 Å². The van der Waals surface area contributed by atoms with E-state index < -0.39 is 11.7 Å². The summed E-state index contributed by atoms with van der Waals surface area (Å²) in [6.45, 7) is 1.68. The van der Waals surface area contributed by atoms with E-state index in [1.54, 1.807) is 35.8 Å². The van der Waals surface area contributed by atoms with Gasteiger partial charge < -0.3 is 4.42 Å². The highest BCUT2D eigenvalue weighted by molar-refractivity contribution is 5.82. The monoisotopic (exact) mass is 344 g/mol. The summed E-state index contributed by atoms with van der Waals surface area (Å²) in [6.07, 6.45) is -2.91. The van der Waals surface area contributed by atoms with Crippen molar-refractivity contribution in [2.45, 2.75) is 13.1 Å². The van der Waals surface area contributed by atoms with Gasteiger partial charge in [0.05, 0.1) is 16.6 Å². The second-order valence-electron chi connectivity index (χ2n) is 5.49. The molecule has 0 spiro atoms. The van der Waals surface area contributed by atoms with Crippen LogP contribution in [0.5, 0.6) is 0 Å². The van der Waals surface area contributed by atoms with Crippen molar-refractivity contribution >= 4 is 11.0 Å². The maximum Gasteiger partial charge on any atom is 0.416 e. The molecule has 5 nitrogen and oxygen atoms in total. The van der Waals surface area contributed by atoms with Gasteiger partial charge in [0.25, 0.3) is 0 Å². The zero-order chi connectivity index (χ0) is 17.6. The van der Waals surface area contributed by atoms with Crippen LogP contribution in [-0.4, -0.2) is 19.7 Å². The number of imidazole rings is 1. The number of fused-ring (bicyclic) bond motifs is 1. The highest BCUT2D eigenvalue weighted by atomic mass is 19.4. The number of aromatic nitrogens is 4. The molecule has 0 radical (unpaired) electrons. The van der Waals surface area contributed by atoms with E-state index in [4.69, 9.17) is 4.42 Å². The second-order valence-corrected chi connectivity index (χ2v) is 5.49. The van der Waals surface area contributed by atoms with E-state index in [0.717, 1.165) is 12.1 Å². The summed E-state index contributed by atoms with van der Waals surface area (Å²) in [5.74, 6) is 0.776. The zero-order valence-electron chi connectivity index (χ0n) is 12.9. The topological polar surface area (TPSA) is 56.7 Å². The lowest BCUT2D eigenvalue weighted by atomic mass is 10.1. The number of rotatable bonds is 2. The number of hydrogen-bond acceptors (Lipinski definition) is 4. The zero-order valence-corrected chi connectivity index (χ0v) is 12.9. The molecule has 8 heteroatoms. The first-order chi connectivity index (χ1) is 11.9. The smallest absolute Gasteiger partial charge is 0.416 e. The third-order valence-electron chi connectivity index (χ3n) is 3.77. The molecule has 0 saturated carbocycles. The molecule has 0 atom stereocenters. The molecule has 0 bridgehead atoms. The highest BCUT2D eigenvalue weighted by Gasteiger charge is 2.30. The van der Waals surface area contributed by atoms with Crippen molar-refractivity contribution in [1.82, 2.24) is 19.7 Å². The summed E-state index contributed by atoms with van der Waals surface area (Å²) in [7, 11) is 0. The molecular formula is C17H11F3N4O. The average Bonchev–Trinajstić information content (AvgIpc) is 3.19. The molecule has 2 aromatic carbocycles. The summed E-state index contributed by atoms with van der Waals surface area (Å²) in [4.78, 5) is 4.24. The number of hydrogen-bond donors (Lipinski definition) is 0. The van der Waals surface area contributed by atoms with Gasteiger partial charge in [0.2, 0.25) is 11.8 Å². The fourth-order valence-corrected chi connectivity index (χ4v) is 2.59. The van der Waals surface area contributed by atoms with Crippen molar-refractivity contribution in [3.8, 4) is 17.1 Å². The summed E-state index contributed by atoms with van der Waals surface area (Å²) in [5, 5.41) is 7.75. The molecule has 0 saturated heterocycles. The Labute approximate surface area is 139 Å². The Bertz CT molecular complexity index is 1070. The lowest BCUT2D eigenvalue weighted by Crippen LogP contribution is -2.05. The summed E-state index contributed by atoms with van der Waals surface area (Å²) in [6, 6.07) is 10.4. The van der Waals surface area contributed by atoms with Gasteiger partial charge in [0, 0.05) is 18.2 Å². The third-order valence-corrected chi connectivity index (χ3v) is 3.77. The minimum absolute atomic E-state index is 0.344. The quantitative estimate of drug-likeness (QED) is 0.541. The number of benzene rings is 2. The highest BCUT2D eigenvalue weighted by Crippen LogP contribution is 2.31. The van der Waals surface area contributed by atoms with E-state index in [2.05, 4.69) is 15.2 Å². The Morgan fingerprint density at radius 2 is 1.88 bits per heavy atom. The molecule has 126 valence electrons. The predicted octanol–water partition coefficient (Wildman–Crippen LogP) is 4.40. The number of nitrogens with zero attached hydrogens (tertiary/aromatic N) is 4. The first-order valence-corrected chi connectivity index (χ1v) is 7.37. The third kappa shape index (κ3) is 2.75. The van der Waals surface area contributed by atoms with Crippen molar-refractivity contribution < 1.29 is 17.6 Å². The van der Waals surface area contributed by atoms with E-state index in [0.29, 0.717) is 34.1 Å². The minimum Gasteiger partial charge on any atom is -0.421 e. The van der Waals surface area contributed by atoms with Crippen molar-refractivity contribution in [2.75, 3.05) is 0 Å². The molecule has 0 N–H and O–H groups in total. The molecule has 0 unspecified atom stereocenters. The fourth-order valence-electron chi connectivity index (χ4n) is 2.59. The lowest BCUT2D eigenvalue weighted by Gasteiger charge is -2.10. The normalized spacial score (nSPS) is 12.0. The summed E-state index contributed by atoms with van der Waals surface area (Å²) >= 11 is 0. The van der Waals surface area contributed by atoms with Crippen LogP contribution >= 0.6 is 0 Å². The van der Waals surface area contributed by atoms with Crippen LogP contribution in [0.15, 0.2) is 53.2 Å². The Morgan fingerprint density at radius 3 is 2.60 bits per heavy atom. The van der Waals surface area contributed by atoms with Gasteiger partial charge in [-0.05, 0) is 36.4 Å². The number of halogens is 3. The van der Waals surface area contributed by atoms with E-state index in [9.17, 15) is 13.2 Å². The van der Waals surface area contributed by atoms with Crippen LogP contribution < -0.4 is 0 Å². The van der Waals surface area contributed by atoms with Crippen molar-refractivity contribution in [3.63, 3.8) is 0 Å². The Kier molecular flexibility index (Phi) is 3.34. The van der Waals surface area contributed by atoms with Crippen LogP contribution in [0.1, 0.15) is 11.5 Å². The molecular weight excluding hydrogens is 333 g/mol. The number of aryl methyl sites for hydroxylation is 1. The van der Waals surface area contributed by atoms with Gasteiger partial charge in [0.1, 0.15) is 6.33 Å². The van der Waals surface area contributed by atoms with Gasteiger partial charge in [-0.25, -0.2) is 4.98 Å². The van der Waals surface area contributed by atoms with Gasteiger partial charge in [0.15, 0.2) is 0 Å². The van der Waals surface area contributed by atoms with E-state index in [1.165, 1.54) is 12.4 Å². The van der Waals surface area contributed by atoms with Gasteiger partial charge in [-0.1, -0.05) is 6.07 Å². The van der Waals surface area contributed by atoms with Gasteiger partial charge >= 0.3 is 6.18 Å². The largest absolute Gasteiger partial charge is 0.421 e. The Balaban J connectivity index is 1.85. The first-order valence-electron chi connectivity index (χ1n) is 7.37. The SMILES string of the molecule is Cc1nnc(-c2ccc3ncn(-c4cccc(C(F)(F)F)c4)c3c2)o1. The van der Waals surface area contributed by atoms with Gasteiger partial charge in [-0.15, -0.1) is 10.2 Å². The van der Waals surface area contributed by atoms with Crippen LogP contribution in [0.2, 0.25) is 0 Å². The second kappa shape index (κ2) is 5.44.